The number of nitrogens with zero attached hydrogens (tertiary/aromatic N) is 2. The molecule has 4 amide bonds. The molecule has 3 fully saturated rings. The Kier molecular flexibility index (Phi) is 3.84. The van der Waals surface area contributed by atoms with E-state index in [1.165, 1.54) is 0 Å². The molecule has 7 heteroatoms. The highest BCUT2D eigenvalue weighted by Crippen LogP contribution is 2.27. The summed E-state index contributed by atoms with van der Waals surface area (Å²) in [6, 6.07) is -0.473. The van der Waals surface area contributed by atoms with Crippen LogP contribution in [0, 0.1) is 11.8 Å². The lowest BCUT2D eigenvalue weighted by Crippen LogP contribution is -2.45. The average Bonchev–Trinajstić information content (AvgIpc) is 2.89. The molecule has 122 valence electrons. The van der Waals surface area contributed by atoms with Crippen LogP contribution in [0.25, 0.3) is 0 Å². The van der Waals surface area contributed by atoms with Gasteiger partial charge in [0.1, 0.15) is 12.1 Å². The van der Waals surface area contributed by atoms with Crippen LogP contribution in [0.15, 0.2) is 0 Å². The highest BCUT2D eigenvalue weighted by atomic mass is 16.2. The zero-order valence-electron chi connectivity index (χ0n) is 13.2. The molecule has 0 aromatic rings. The highest BCUT2D eigenvalue weighted by Gasteiger charge is 2.45. The number of likely N-dealkylation sites (tertiary alicyclic amines) is 1. The Balaban J connectivity index is 1.60. The highest BCUT2D eigenvalue weighted by molar-refractivity contribution is 6.08. The van der Waals surface area contributed by atoms with E-state index in [1.807, 2.05) is 4.90 Å². The van der Waals surface area contributed by atoms with Gasteiger partial charge in [-0.25, -0.2) is 4.79 Å². The zero-order chi connectivity index (χ0) is 15.9. The van der Waals surface area contributed by atoms with Crippen LogP contribution in [0.5, 0.6) is 0 Å². The van der Waals surface area contributed by atoms with Crippen molar-refractivity contribution in [1.29, 1.82) is 0 Å². The van der Waals surface area contributed by atoms with Gasteiger partial charge in [0, 0.05) is 13.1 Å². The van der Waals surface area contributed by atoms with Gasteiger partial charge in [0.25, 0.3) is 5.91 Å². The van der Waals surface area contributed by atoms with Crippen molar-refractivity contribution in [2.75, 3.05) is 32.7 Å². The summed E-state index contributed by atoms with van der Waals surface area (Å²) in [7, 11) is 0. The standard InChI is InChI=1S/C15H24N4O3/c1-15(2)13(21)19(14(22)17-15)9-12(20)18-5-3-10-7-16-8-11(10)4-6-18/h10-11,16H,3-9H2,1-2H3,(H,17,22)/t10-,11+. The van der Waals surface area contributed by atoms with Gasteiger partial charge in [-0.2, -0.15) is 0 Å². The number of urea groups is 1. The van der Waals surface area contributed by atoms with E-state index in [1.54, 1.807) is 13.8 Å². The monoisotopic (exact) mass is 308 g/mol. The fraction of sp³-hybridized carbons (Fsp3) is 0.800. The molecule has 3 aliphatic rings. The number of fused-ring (bicyclic) bond motifs is 1. The molecule has 22 heavy (non-hydrogen) atoms. The van der Waals surface area contributed by atoms with Crippen molar-refractivity contribution >= 4 is 17.8 Å². The maximum absolute atomic E-state index is 12.5. The van der Waals surface area contributed by atoms with Crippen LogP contribution in [-0.2, 0) is 9.59 Å². The van der Waals surface area contributed by atoms with E-state index in [2.05, 4.69) is 10.6 Å². The van der Waals surface area contributed by atoms with Gasteiger partial charge < -0.3 is 15.5 Å². The van der Waals surface area contributed by atoms with E-state index < -0.39 is 11.6 Å². The van der Waals surface area contributed by atoms with E-state index in [4.69, 9.17) is 0 Å². The van der Waals surface area contributed by atoms with E-state index >= 15 is 0 Å². The molecule has 0 unspecified atom stereocenters. The fourth-order valence-corrected chi connectivity index (χ4v) is 3.66. The molecule has 0 radical (unpaired) electrons. The number of carbonyl (C=O) groups is 3. The normalized spacial score (nSPS) is 31.0. The van der Waals surface area contributed by atoms with E-state index in [-0.39, 0.29) is 18.4 Å². The lowest BCUT2D eigenvalue weighted by Gasteiger charge is -2.23. The van der Waals surface area contributed by atoms with Crippen LogP contribution in [0.4, 0.5) is 4.79 Å². The van der Waals surface area contributed by atoms with Crippen molar-refractivity contribution in [3.8, 4) is 0 Å². The number of hydrogen-bond donors (Lipinski definition) is 2. The number of imide groups is 1. The van der Waals surface area contributed by atoms with E-state index in [9.17, 15) is 14.4 Å². The molecule has 3 rings (SSSR count). The Morgan fingerprint density at radius 2 is 1.77 bits per heavy atom. The second-order valence-electron chi connectivity index (χ2n) is 7.08. The lowest BCUT2D eigenvalue weighted by atomic mass is 9.92. The molecule has 0 aliphatic carbocycles. The third kappa shape index (κ3) is 2.69. The number of hydrogen-bond acceptors (Lipinski definition) is 4. The maximum Gasteiger partial charge on any atom is 0.325 e. The average molecular weight is 308 g/mol. The molecular formula is C15H24N4O3. The lowest BCUT2D eigenvalue weighted by molar-refractivity contribution is -0.138. The van der Waals surface area contributed by atoms with Crippen molar-refractivity contribution in [3.05, 3.63) is 0 Å². The molecule has 0 bridgehead atoms. The summed E-state index contributed by atoms with van der Waals surface area (Å²) in [6.45, 7) is 6.66. The molecule has 0 saturated carbocycles. The van der Waals surface area contributed by atoms with Gasteiger partial charge in [-0.1, -0.05) is 0 Å². The maximum atomic E-state index is 12.5. The minimum Gasteiger partial charge on any atom is -0.341 e. The second kappa shape index (κ2) is 5.53. The first kappa shape index (κ1) is 15.3. The predicted molar refractivity (Wildman–Crippen MR) is 80.0 cm³/mol. The molecule has 0 spiro atoms. The first-order valence-corrected chi connectivity index (χ1v) is 8.01. The number of amides is 4. The van der Waals surface area contributed by atoms with Crippen molar-refractivity contribution < 1.29 is 14.4 Å². The SMILES string of the molecule is CC1(C)NC(=O)N(CC(=O)N2CC[C@@H]3CNC[C@@H]3CC2)C1=O. The molecular weight excluding hydrogens is 284 g/mol. The first-order valence-electron chi connectivity index (χ1n) is 8.01. The van der Waals surface area contributed by atoms with Gasteiger partial charge in [-0.3, -0.25) is 14.5 Å². The van der Waals surface area contributed by atoms with Crippen molar-refractivity contribution in [2.45, 2.75) is 32.2 Å². The third-order valence-electron chi connectivity index (χ3n) is 5.11. The summed E-state index contributed by atoms with van der Waals surface area (Å²) < 4.78 is 0. The molecule has 0 aromatic heterocycles. The van der Waals surface area contributed by atoms with E-state index in [0.717, 1.165) is 30.8 Å². The summed E-state index contributed by atoms with van der Waals surface area (Å²) in [5, 5.41) is 6.01. The van der Waals surface area contributed by atoms with Gasteiger partial charge >= 0.3 is 6.03 Å². The van der Waals surface area contributed by atoms with Crippen molar-refractivity contribution in [1.82, 2.24) is 20.4 Å². The zero-order valence-corrected chi connectivity index (χ0v) is 13.2. The van der Waals surface area contributed by atoms with E-state index in [0.29, 0.717) is 24.9 Å². The smallest absolute Gasteiger partial charge is 0.325 e. The summed E-state index contributed by atoms with van der Waals surface area (Å²) in [6.07, 6.45) is 1.99. The Labute approximate surface area is 130 Å². The van der Waals surface area contributed by atoms with Gasteiger partial charge in [-0.05, 0) is 51.6 Å². The Morgan fingerprint density at radius 3 is 2.27 bits per heavy atom. The minimum atomic E-state index is -0.918. The molecule has 3 aliphatic heterocycles. The largest absolute Gasteiger partial charge is 0.341 e. The Hall–Kier alpha value is -1.63. The molecule has 3 saturated heterocycles. The second-order valence-corrected chi connectivity index (χ2v) is 7.08. The van der Waals surface area contributed by atoms with Gasteiger partial charge in [0.05, 0.1) is 0 Å². The van der Waals surface area contributed by atoms with Crippen LogP contribution in [-0.4, -0.2) is 65.9 Å². The van der Waals surface area contributed by atoms with Crippen molar-refractivity contribution in [2.24, 2.45) is 11.8 Å². The fourth-order valence-electron chi connectivity index (χ4n) is 3.66. The number of carbonyl (C=O) groups excluding carboxylic acids is 3. The molecule has 2 atom stereocenters. The van der Waals surface area contributed by atoms with Crippen LogP contribution in [0.1, 0.15) is 26.7 Å². The summed E-state index contributed by atoms with van der Waals surface area (Å²) in [4.78, 5) is 39.3. The summed E-state index contributed by atoms with van der Waals surface area (Å²) >= 11 is 0. The van der Waals surface area contributed by atoms with Crippen LogP contribution < -0.4 is 10.6 Å². The van der Waals surface area contributed by atoms with Crippen LogP contribution in [0.2, 0.25) is 0 Å². The molecule has 2 N–H and O–H groups in total. The van der Waals surface area contributed by atoms with Crippen molar-refractivity contribution in [3.63, 3.8) is 0 Å². The predicted octanol–water partition coefficient (Wildman–Crippen LogP) is -0.225. The molecule has 3 heterocycles. The quantitative estimate of drug-likeness (QED) is 0.691. The van der Waals surface area contributed by atoms with Crippen LogP contribution in [0.3, 0.4) is 0 Å². The third-order valence-corrected chi connectivity index (χ3v) is 5.11. The summed E-state index contributed by atoms with van der Waals surface area (Å²) in [5.41, 5.74) is -0.918. The summed E-state index contributed by atoms with van der Waals surface area (Å²) in [5.74, 6) is 0.831. The number of nitrogens with one attached hydrogen (secondary N) is 2. The molecule has 7 nitrogen and oxygen atoms in total. The topological polar surface area (TPSA) is 81.8 Å². The van der Waals surface area contributed by atoms with Crippen LogP contribution >= 0.6 is 0 Å². The Bertz CT molecular complexity index is 491. The van der Waals surface area contributed by atoms with Gasteiger partial charge in [0.15, 0.2) is 0 Å². The minimum absolute atomic E-state index is 0.130. The first-order chi connectivity index (χ1) is 10.4. The Morgan fingerprint density at radius 1 is 1.18 bits per heavy atom. The van der Waals surface area contributed by atoms with Gasteiger partial charge in [-0.15, -0.1) is 0 Å². The molecule has 0 aromatic carbocycles. The number of rotatable bonds is 2. The van der Waals surface area contributed by atoms with Gasteiger partial charge in [0.2, 0.25) is 5.91 Å².